The van der Waals surface area contributed by atoms with Gasteiger partial charge in [-0.15, -0.1) is 12.6 Å². The summed E-state index contributed by atoms with van der Waals surface area (Å²) in [5.74, 6) is 0. The molecule has 20 heavy (non-hydrogen) atoms. The van der Waals surface area contributed by atoms with Crippen molar-refractivity contribution in [2.24, 2.45) is 0 Å². The molecule has 2 heterocycles. The molecule has 0 aliphatic rings. The van der Waals surface area contributed by atoms with Crippen molar-refractivity contribution in [3.05, 3.63) is 67.0 Å². The van der Waals surface area contributed by atoms with Crippen molar-refractivity contribution in [1.82, 2.24) is 9.38 Å². The fourth-order valence-electron chi connectivity index (χ4n) is 2.67. The molecule has 4 aromatic rings. The molecule has 2 aromatic heterocycles. The number of rotatable bonds is 1. The Balaban J connectivity index is 2.12. The summed E-state index contributed by atoms with van der Waals surface area (Å²) < 4.78 is 2.09. The summed E-state index contributed by atoms with van der Waals surface area (Å²) >= 11 is 4.40. The first-order chi connectivity index (χ1) is 9.84. The largest absolute Gasteiger partial charge is 0.298 e. The molecular weight excluding hydrogens is 264 g/mol. The van der Waals surface area contributed by atoms with E-state index in [1.165, 1.54) is 16.3 Å². The molecule has 0 aliphatic carbocycles. The third-order valence-corrected chi connectivity index (χ3v) is 3.96. The maximum atomic E-state index is 4.40. The molecular formula is C17H12N2S. The zero-order valence-corrected chi connectivity index (χ0v) is 11.6. The van der Waals surface area contributed by atoms with Crippen LogP contribution >= 0.6 is 12.6 Å². The minimum Gasteiger partial charge on any atom is -0.298 e. The van der Waals surface area contributed by atoms with Gasteiger partial charge >= 0.3 is 0 Å². The van der Waals surface area contributed by atoms with Crippen LogP contribution in [0.3, 0.4) is 0 Å². The van der Waals surface area contributed by atoms with Gasteiger partial charge in [-0.3, -0.25) is 4.40 Å². The number of aromatic nitrogens is 2. The third-order valence-electron chi connectivity index (χ3n) is 3.62. The smallest absolute Gasteiger partial charge is 0.119 e. The predicted molar refractivity (Wildman–Crippen MR) is 85.4 cm³/mol. The van der Waals surface area contributed by atoms with Crippen LogP contribution < -0.4 is 0 Å². The van der Waals surface area contributed by atoms with Crippen molar-refractivity contribution in [3.63, 3.8) is 0 Å². The highest BCUT2D eigenvalue weighted by molar-refractivity contribution is 7.80. The van der Waals surface area contributed by atoms with Crippen molar-refractivity contribution in [2.45, 2.75) is 5.03 Å². The summed E-state index contributed by atoms with van der Waals surface area (Å²) in [7, 11) is 0. The van der Waals surface area contributed by atoms with Crippen LogP contribution in [0.4, 0.5) is 0 Å². The summed E-state index contributed by atoms with van der Waals surface area (Å²) in [5, 5.41) is 3.25. The molecule has 0 aliphatic heterocycles. The highest BCUT2D eigenvalue weighted by Gasteiger charge is 2.08. The zero-order chi connectivity index (χ0) is 13.5. The second-order valence-corrected chi connectivity index (χ2v) is 5.18. The van der Waals surface area contributed by atoms with Crippen LogP contribution in [0.1, 0.15) is 0 Å². The lowest BCUT2D eigenvalue weighted by atomic mass is 10.0. The Morgan fingerprint density at radius 2 is 1.65 bits per heavy atom. The molecule has 2 aromatic carbocycles. The highest BCUT2D eigenvalue weighted by Crippen LogP contribution is 2.30. The minimum atomic E-state index is 0.757. The first-order valence-electron chi connectivity index (χ1n) is 6.48. The summed E-state index contributed by atoms with van der Waals surface area (Å²) in [6.45, 7) is 0. The number of hydrogen-bond donors (Lipinski definition) is 1. The van der Waals surface area contributed by atoms with Gasteiger partial charge in [0.15, 0.2) is 0 Å². The third kappa shape index (κ3) is 1.63. The molecule has 0 radical (unpaired) electrons. The quantitative estimate of drug-likeness (QED) is 0.509. The van der Waals surface area contributed by atoms with E-state index in [0.717, 1.165) is 16.2 Å². The standard InChI is InChI=1S/C17H12N2S/c20-17-16-10-4-9-15(19(16)11-18-17)14-8-3-6-12-5-1-2-7-13(12)14/h1-11,20H. The average molecular weight is 276 g/mol. The van der Waals surface area contributed by atoms with Gasteiger partial charge < -0.3 is 0 Å². The van der Waals surface area contributed by atoms with Gasteiger partial charge in [0.1, 0.15) is 11.4 Å². The van der Waals surface area contributed by atoms with Crippen LogP contribution in [0.25, 0.3) is 27.5 Å². The lowest BCUT2D eigenvalue weighted by Gasteiger charge is -2.09. The Morgan fingerprint density at radius 1 is 0.850 bits per heavy atom. The fraction of sp³-hybridized carbons (Fsp3) is 0. The van der Waals surface area contributed by atoms with E-state index in [2.05, 4.69) is 70.5 Å². The second kappa shape index (κ2) is 4.39. The summed E-state index contributed by atoms with van der Waals surface area (Å²) in [6.07, 6.45) is 1.83. The molecule has 0 atom stereocenters. The van der Waals surface area contributed by atoms with Crippen LogP contribution in [-0.4, -0.2) is 9.38 Å². The minimum absolute atomic E-state index is 0.757. The molecule has 2 nitrogen and oxygen atoms in total. The molecule has 0 unspecified atom stereocenters. The van der Waals surface area contributed by atoms with Gasteiger partial charge in [-0.2, -0.15) is 0 Å². The topological polar surface area (TPSA) is 17.3 Å². The van der Waals surface area contributed by atoms with Crippen molar-refractivity contribution >= 4 is 28.9 Å². The lowest BCUT2D eigenvalue weighted by Crippen LogP contribution is -1.91. The second-order valence-electron chi connectivity index (χ2n) is 4.76. The van der Waals surface area contributed by atoms with E-state index >= 15 is 0 Å². The highest BCUT2D eigenvalue weighted by atomic mass is 32.1. The molecule has 0 amide bonds. The van der Waals surface area contributed by atoms with Crippen molar-refractivity contribution in [2.75, 3.05) is 0 Å². The summed E-state index contributed by atoms with van der Waals surface area (Å²) in [6, 6.07) is 21.0. The van der Waals surface area contributed by atoms with E-state index in [1.807, 2.05) is 18.5 Å². The number of benzene rings is 2. The number of pyridine rings is 1. The number of fused-ring (bicyclic) bond motifs is 2. The number of imidazole rings is 1. The molecule has 0 saturated carbocycles. The van der Waals surface area contributed by atoms with Crippen LogP contribution in [-0.2, 0) is 0 Å². The van der Waals surface area contributed by atoms with E-state index in [0.29, 0.717) is 0 Å². The normalized spacial score (nSPS) is 11.2. The first kappa shape index (κ1) is 11.6. The van der Waals surface area contributed by atoms with Crippen LogP contribution in [0, 0.1) is 0 Å². The number of thiol groups is 1. The molecule has 3 heteroatoms. The SMILES string of the molecule is Sc1ncn2c(-c3cccc4ccccc34)cccc12. The molecule has 0 bridgehead atoms. The first-order valence-corrected chi connectivity index (χ1v) is 6.92. The van der Waals surface area contributed by atoms with E-state index in [-0.39, 0.29) is 0 Å². The monoisotopic (exact) mass is 276 g/mol. The van der Waals surface area contributed by atoms with Crippen molar-refractivity contribution in [1.29, 1.82) is 0 Å². The van der Waals surface area contributed by atoms with Gasteiger partial charge in [0, 0.05) is 5.56 Å². The number of hydrogen-bond acceptors (Lipinski definition) is 2. The van der Waals surface area contributed by atoms with Crippen LogP contribution in [0.5, 0.6) is 0 Å². The van der Waals surface area contributed by atoms with Crippen molar-refractivity contribution < 1.29 is 0 Å². The van der Waals surface area contributed by atoms with Gasteiger partial charge in [0.25, 0.3) is 0 Å². The Kier molecular flexibility index (Phi) is 2.54. The molecule has 0 saturated heterocycles. The van der Waals surface area contributed by atoms with E-state index in [1.54, 1.807) is 0 Å². The summed E-state index contributed by atoms with van der Waals surface area (Å²) in [4.78, 5) is 4.29. The van der Waals surface area contributed by atoms with Gasteiger partial charge in [-0.25, -0.2) is 4.98 Å². The molecule has 0 N–H and O–H groups in total. The molecule has 96 valence electrons. The predicted octanol–water partition coefficient (Wildman–Crippen LogP) is 4.44. The Hall–Kier alpha value is -2.26. The molecule has 4 rings (SSSR count). The zero-order valence-electron chi connectivity index (χ0n) is 10.7. The van der Waals surface area contributed by atoms with E-state index < -0.39 is 0 Å². The Bertz CT molecular complexity index is 919. The molecule has 0 spiro atoms. The maximum absolute atomic E-state index is 4.40. The van der Waals surface area contributed by atoms with Crippen LogP contribution in [0.15, 0.2) is 72.0 Å². The van der Waals surface area contributed by atoms with Gasteiger partial charge in [-0.05, 0) is 22.9 Å². The van der Waals surface area contributed by atoms with E-state index in [9.17, 15) is 0 Å². The maximum Gasteiger partial charge on any atom is 0.119 e. The number of nitrogens with zero attached hydrogens (tertiary/aromatic N) is 2. The molecule has 0 fully saturated rings. The summed E-state index contributed by atoms with van der Waals surface area (Å²) in [5.41, 5.74) is 3.37. The fourth-order valence-corrected chi connectivity index (χ4v) is 2.91. The van der Waals surface area contributed by atoms with Crippen LogP contribution in [0.2, 0.25) is 0 Å². The average Bonchev–Trinajstić information content (AvgIpc) is 2.88. The van der Waals surface area contributed by atoms with Crippen molar-refractivity contribution in [3.8, 4) is 11.3 Å². The van der Waals surface area contributed by atoms with E-state index in [4.69, 9.17) is 0 Å². The Morgan fingerprint density at radius 3 is 2.60 bits per heavy atom. The van der Waals surface area contributed by atoms with Gasteiger partial charge in [0.2, 0.25) is 0 Å². The van der Waals surface area contributed by atoms with Gasteiger partial charge in [0.05, 0.1) is 11.2 Å². The van der Waals surface area contributed by atoms with Gasteiger partial charge in [-0.1, -0.05) is 48.5 Å². The Labute approximate surface area is 122 Å². The lowest BCUT2D eigenvalue weighted by molar-refractivity contribution is 1.15.